The molecule has 0 amide bonds. The number of aromatic nitrogens is 1. The van der Waals surface area contributed by atoms with E-state index in [1.165, 1.54) is 16.9 Å². The van der Waals surface area contributed by atoms with E-state index in [1.54, 1.807) is 48.5 Å². The number of rotatable bonds is 7. The number of carbonyl (C=O) groups is 2. The molecule has 7 heteroatoms. The average Bonchev–Trinajstić information content (AvgIpc) is 3.18. The van der Waals surface area contributed by atoms with E-state index < -0.39 is 23.8 Å². The summed E-state index contributed by atoms with van der Waals surface area (Å²) in [6.07, 6.45) is -0.432. The molecular weight excluding hydrogens is 442 g/mol. The number of carboxylic acids is 1. The SMILES string of the molecule is Cc1cc2nc(SOC(=O)C(CC(=O)O)(c3ccccc3)c3ccccc3)sc2cc1C. The van der Waals surface area contributed by atoms with Crippen molar-refractivity contribution in [1.82, 2.24) is 4.98 Å². The minimum Gasteiger partial charge on any atom is -0.481 e. The van der Waals surface area contributed by atoms with Gasteiger partial charge >= 0.3 is 11.9 Å². The standard InChI is InChI=1S/C25H21NO4S2/c1-16-13-20-21(14-17(16)2)31-24(26-20)32-30-23(29)25(15-22(27)28,18-9-5-3-6-10-18)19-11-7-4-8-12-19/h3-14H,15H2,1-2H3,(H,27,28). The molecule has 0 atom stereocenters. The highest BCUT2D eigenvalue weighted by Crippen LogP contribution is 2.40. The van der Waals surface area contributed by atoms with Crippen LogP contribution in [0.4, 0.5) is 0 Å². The predicted molar refractivity (Wildman–Crippen MR) is 127 cm³/mol. The summed E-state index contributed by atoms with van der Waals surface area (Å²) in [5.41, 5.74) is 2.81. The van der Waals surface area contributed by atoms with Gasteiger partial charge in [0.05, 0.1) is 16.6 Å². The monoisotopic (exact) mass is 463 g/mol. The number of fused-ring (bicyclic) bond motifs is 1. The minimum absolute atomic E-state index is 0.432. The van der Waals surface area contributed by atoms with Gasteiger partial charge in [-0.05, 0) is 48.2 Å². The molecule has 0 fully saturated rings. The molecule has 4 rings (SSSR count). The fraction of sp³-hybridized carbons (Fsp3) is 0.160. The molecule has 1 N–H and O–H groups in total. The van der Waals surface area contributed by atoms with E-state index in [-0.39, 0.29) is 0 Å². The first-order valence-electron chi connectivity index (χ1n) is 10.00. The van der Waals surface area contributed by atoms with Crippen molar-refractivity contribution in [2.45, 2.75) is 30.0 Å². The van der Waals surface area contributed by atoms with E-state index in [0.717, 1.165) is 27.8 Å². The second kappa shape index (κ2) is 9.14. The van der Waals surface area contributed by atoms with Crippen LogP contribution in [0.5, 0.6) is 0 Å². The second-order valence-corrected chi connectivity index (χ2v) is 9.56. The van der Waals surface area contributed by atoms with Gasteiger partial charge in [-0.1, -0.05) is 60.7 Å². The van der Waals surface area contributed by atoms with E-state index in [0.29, 0.717) is 15.5 Å². The minimum atomic E-state index is -1.48. The van der Waals surface area contributed by atoms with Crippen LogP contribution in [0.3, 0.4) is 0 Å². The third-order valence-electron chi connectivity index (χ3n) is 5.47. The van der Waals surface area contributed by atoms with Gasteiger partial charge in [0.25, 0.3) is 0 Å². The van der Waals surface area contributed by atoms with Crippen LogP contribution in [0.2, 0.25) is 0 Å². The molecule has 0 spiro atoms. The number of aliphatic carboxylic acids is 1. The Kier molecular flexibility index (Phi) is 6.30. The fourth-order valence-corrected chi connectivity index (χ4v) is 5.40. The Balaban J connectivity index is 1.71. The van der Waals surface area contributed by atoms with Crippen molar-refractivity contribution in [1.29, 1.82) is 0 Å². The average molecular weight is 464 g/mol. The molecule has 0 aliphatic heterocycles. The van der Waals surface area contributed by atoms with Crippen LogP contribution in [0.15, 0.2) is 77.1 Å². The largest absolute Gasteiger partial charge is 0.481 e. The molecule has 0 bridgehead atoms. The Bertz CT molecular complexity index is 1190. The molecule has 162 valence electrons. The number of aryl methyl sites for hydroxylation is 2. The lowest BCUT2D eigenvalue weighted by Gasteiger charge is -2.30. The van der Waals surface area contributed by atoms with Crippen molar-refractivity contribution in [3.8, 4) is 0 Å². The Hall–Kier alpha value is -3.16. The van der Waals surface area contributed by atoms with E-state index in [2.05, 4.69) is 11.1 Å². The maximum absolute atomic E-state index is 13.6. The van der Waals surface area contributed by atoms with Gasteiger partial charge in [-0.3, -0.25) is 4.79 Å². The van der Waals surface area contributed by atoms with Crippen LogP contribution in [0.1, 0.15) is 28.7 Å². The lowest BCUT2D eigenvalue weighted by molar-refractivity contribution is -0.146. The molecule has 0 aliphatic rings. The lowest BCUT2D eigenvalue weighted by Crippen LogP contribution is -2.40. The van der Waals surface area contributed by atoms with E-state index in [9.17, 15) is 14.7 Å². The second-order valence-electron chi connectivity index (χ2n) is 7.55. The van der Waals surface area contributed by atoms with Crippen LogP contribution in [-0.4, -0.2) is 22.0 Å². The van der Waals surface area contributed by atoms with Gasteiger partial charge in [0.1, 0.15) is 17.5 Å². The van der Waals surface area contributed by atoms with Crippen molar-refractivity contribution in [2.24, 2.45) is 0 Å². The van der Waals surface area contributed by atoms with E-state index in [4.69, 9.17) is 4.18 Å². The highest BCUT2D eigenvalue weighted by molar-refractivity contribution is 7.97. The molecule has 0 radical (unpaired) electrons. The predicted octanol–water partition coefficient (Wildman–Crippen LogP) is 5.92. The summed E-state index contributed by atoms with van der Waals surface area (Å²) < 4.78 is 7.25. The van der Waals surface area contributed by atoms with Gasteiger partial charge in [0.15, 0.2) is 4.34 Å². The number of nitrogens with zero attached hydrogens (tertiary/aromatic N) is 1. The molecule has 0 aliphatic carbocycles. The van der Waals surface area contributed by atoms with Crippen LogP contribution in [-0.2, 0) is 19.2 Å². The Labute approximate surface area is 194 Å². The van der Waals surface area contributed by atoms with Gasteiger partial charge in [-0.25, -0.2) is 9.78 Å². The van der Waals surface area contributed by atoms with Crippen molar-refractivity contribution in [2.75, 3.05) is 0 Å². The molecule has 1 aromatic heterocycles. The zero-order valence-electron chi connectivity index (χ0n) is 17.6. The molecule has 0 saturated carbocycles. The molecule has 4 aromatic rings. The first kappa shape index (κ1) is 22.0. The smallest absolute Gasteiger partial charge is 0.334 e. The Morgan fingerprint density at radius 3 is 2.09 bits per heavy atom. The summed E-state index contributed by atoms with van der Waals surface area (Å²) in [4.78, 5) is 30.0. The van der Waals surface area contributed by atoms with Gasteiger partial charge in [-0.15, -0.1) is 11.3 Å². The molecule has 32 heavy (non-hydrogen) atoms. The van der Waals surface area contributed by atoms with Crippen molar-refractivity contribution in [3.63, 3.8) is 0 Å². The number of hydrogen-bond donors (Lipinski definition) is 1. The molecular formula is C25H21NO4S2. The lowest BCUT2D eigenvalue weighted by atomic mass is 9.72. The maximum atomic E-state index is 13.6. The molecule has 1 heterocycles. The fourth-order valence-electron chi connectivity index (χ4n) is 3.69. The summed E-state index contributed by atoms with van der Waals surface area (Å²) in [5, 5.41) is 9.73. The first-order chi connectivity index (χ1) is 15.4. The molecule has 0 unspecified atom stereocenters. The van der Waals surface area contributed by atoms with Gasteiger partial charge < -0.3 is 9.29 Å². The quantitative estimate of drug-likeness (QED) is 0.343. The summed E-state index contributed by atoms with van der Waals surface area (Å²) in [6, 6.07) is 21.9. The van der Waals surface area contributed by atoms with Crippen molar-refractivity contribution < 1.29 is 18.9 Å². The van der Waals surface area contributed by atoms with Gasteiger partial charge in [-0.2, -0.15) is 0 Å². The van der Waals surface area contributed by atoms with E-state index in [1.807, 2.05) is 32.0 Å². The number of thiazole rings is 1. The Morgan fingerprint density at radius 2 is 1.53 bits per heavy atom. The summed E-state index contributed by atoms with van der Waals surface area (Å²) >= 11 is 2.31. The molecule has 3 aromatic carbocycles. The Morgan fingerprint density at radius 1 is 0.969 bits per heavy atom. The van der Waals surface area contributed by atoms with Gasteiger partial charge in [0, 0.05) is 0 Å². The number of hydrogen-bond acceptors (Lipinski definition) is 6. The number of carbonyl (C=O) groups excluding carboxylic acids is 1. The highest BCUT2D eigenvalue weighted by atomic mass is 32.2. The van der Waals surface area contributed by atoms with Gasteiger partial charge in [0.2, 0.25) is 0 Å². The first-order valence-corrected chi connectivity index (χ1v) is 11.6. The summed E-state index contributed by atoms with van der Waals surface area (Å²) in [6.45, 7) is 4.07. The molecule has 5 nitrogen and oxygen atoms in total. The summed E-state index contributed by atoms with van der Waals surface area (Å²) in [7, 11) is 0. The number of benzene rings is 3. The summed E-state index contributed by atoms with van der Waals surface area (Å²) in [5.74, 6) is -1.74. The van der Waals surface area contributed by atoms with Crippen molar-refractivity contribution >= 4 is 45.5 Å². The van der Waals surface area contributed by atoms with Crippen LogP contribution < -0.4 is 0 Å². The number of carboxylic acid groups (broad SMARTS) is 1. The third-order valence-corrected chi connectivity index (χ3v) is 7.21. The highest BCUT2D eigenvalue weighted by Gasteiger charge is 2.46. The van der Waals surface area contributed by atoms with Crippen LogP contribution in [0.25, 0.3) is 10.2 Å². The third kappa shape index (κ3) is 4.26. The van der Waals surface area contributed by atoms with Crippen LogP contribution in [0, 0.1) is 13.8 Å². The van der Waals surface area contributed by atoms with Crippen LogP contribution >= 0.6 is 23.4 Å². The zero-order valence-corrected chi connectivity index (χ0v) is 19.2. The normalized spacial score (nSPS) is 11.4. The van der Waals surface area contributed by atoms with Crippen molar-refractivity contribution in [3.05, 3.63) is 95.1 Å². The van der Waals surface area contributed by atoms with E-state index >= 15 is 0 Å². The topological polar surface area (TPSA) is 76.5 Å². The zero-order chi connectivity index (χ0) is 22.7. The molecule has 0 saturated heterocycles. The maximum Gasteiger partial charge on any atom is 0.334 e.